The Hall–Kier alpha value is -7.97. The number of aliphatic carboxylic acids is 1. The second-order valence-corrected chi connectivity index (χ2v) is 18.9. The molecule has 90 heavy (non-hydrogen) atoms. The summed E-state index contributed by atoms with van der Waals surface area (Å²) in [5.74, 6) is -7.82. The first-order valence-corrected chi connectivity index (χ1v) is 24.5. The number of aromatic nitrogens is 6. The average Bonchev–Trinajstić information content (AvgIpc) is 2.06. The van der Waals surface area contributed by atoms with Crippen LogP contribution in [-0.2, 0) is 62.1 Å². The molecule has 0 saturated carbocycles. The van der Waals surface area contributed by atoms with E-state index < -0.39 is 95.7 Å². The van der Waals surface area contributed by atoms with Crippen LogP contribution in [0.25, 0.3) is 34.9 Å². The molecule has 6 aromatic rings. The number of amides is 1. The van der Waals surface area contributed by atoms with Crippen molar-refractivity contribution < 1.29 is 129 Å². The smallest absolute Gasteiger partial charge is 0.813 e. The van der Waals surface area contributed by atoms with E-state index in [0.717, 1.165) is 77.7 Å². The normalized spacial score (nSPS) is 14.3. The van der Waals surface area contributed by atoms with Gasteiger partial charge in [0, 0.05) is 41.0 Å². The molecule has 9 rings (SSSR count). The molecule has 0 atom stereocenters. The number of hydrogen-bond acceptors (Lipinski definition) is 13. The number of halogens is 16. The van der Waals surface area contributed by atoms with Crippen molar-refractivity contribution in [2.24, 2.45) is 5.73 Å². The molecule has 0 radical (unpaired) electrons. The van der Waals surface area contributed by atoms with Crippen LogP contribution < -0.4 is 40.6 Å². The molecule has 0 bridgehead atoms. The van der Waals surface area contributed by atoms with Gasteiger partial charge in [0.1, 0.15) is 16.6 Å². The summed E-state index contributed by atoms with van der Waals surface area (Å²) in [7, 11) is 0. The van der Waals surface area contributed by atoms with Crippen molar-refractivity contribution in [2.75, 3.05) is 26.2 Å². The fourth-order valence-electron chi connectivity index (χ4n) is 6.90. The first-order valence-electron chi connectivity index (χ1n) is 24.1. The van der Waals surface area contributed by atoms with Gasteiger partial charge in [0.15, 0.2) is 11.6 Å². The molecule has 3 aliphatic heterocycles. The number of hydrogen-bond donors (Lipinski definition) is 5. The molecule has 0 aliphatic carbocycles. The van der Waals surface area contributed by atoms with E-state index in [0.29, 0.717) is 22.3 Å². The van der Waals surface area contributed by atoms with E-state index in [9.17, 15) is 89.4 Å². The summed E-state index contributed by atoms with van der Waals surface area (Å²) in [5.41, 5.74) is 4.55. The summed E-state index contributed by atoms with van der Waals surface area (Å²) in [6, 6.07) is 15.4. The number of ether oxygens (including phenoxy) is 1. The number of cyclic esters (lactones) is 2. The van der Waals surface area contributed by atoms with Crippen molar-refractivity contribution in [3.8, 4) is 28.8 Å². The third-order valence-corrected chi connectivity index (χ3v) is 11.0. The van der Waals surface area contributed by atoms with Gasteiger partial charge in [-0.05, 0) is 135 Å². The third-order valence-electron chi connectivity index (χ3n) is 10.8. The van der Waals surface area contributed by atoms with Gasteiger partial charge in [-0.25, -0.2) is 41.9 Å². The van der Waals surface area contributed by atoms with Crippen molar-refractivity contribution in [1.29, 1.82) is 5.26 Å². The van der Waals surface area contributed by atoms with Crippen LogP contribution in [0.15, 0.2) is 97.1 Å². The number of carbonyl (C=O) groups excluding carboxylic acids is 3. The van der Waals surface area contributed by atoms with E-state index in [1.807, 2.05) is 0 Å². The Balaban J connectivity index is 0.000000569. The molecule has 4 aromatic carbocycles. The van der Waals surface area contributed by atoms with Crippen molar-refractivity contribution in [2.45, 2.75) is 71.7 Å². The Morgan fingerprint density at radius 1 is 0.633 bits per heavy atom. The van der Waals surface area contributed by atoms with Gasteiger partial charge in [0.05, 0.1) is 60.1 Å². The second kappa shape index (κ2) is 33.2. The van der Waals surface area contributed by atoms with Gasteiger partial charge in [-0.3, -0.25) is 15.0 Å². The number of benzene rings is 4. The van der Waals surface area contributed by atoms with Crippen LogP contribution in [-0.4, -0.2) is 107 Å². The fourth-order valence-corrected chi connectivity index (χ4v) is 7.02. The Morgan fingerprint density at radius 2 is 1.00 bits per heavy atom. The molecule has 35 heteroatoms. The predicted molar refractivity (Wildman–Crippen MR) is 297 cm³/mol. The number of aryl methyl sites for hydroxylation is 4. The van der Waals surface area contributed by atoms with Gasteiger partial charge >= 0.3 is 72.2 Å². The van der Waals surface area contributed by atoms with Crippen molar-refractivity contribution in [3.63, 3.8) is 0 Å². The molecule has 0 unspecified atom stereocenters. The van der Waals surface area contributed by atoms with Gasteiger partial charge in [-0.15, -0.1) is 0 Å². The minimum absolute atomic E-state index is 0. The van der Waals surface area contributed by atoms with E-state index in [2.05, 4.69) is 52.6 Å². The molecule has 1 amide bonds. The van der Waals surface area contributed by atoms with Crippen LogP contribution in [0.5, 0.6) is 0 Å². The summed E-state index contributed by atoms with van der Waals surface area (Å²) in [6.07, 6.45) is -11.2. The number of nitrogens with two attached hydrogens (primary N) is 1. The third kappa shape index (κ3) is 26.6. The van der Waals surface area contributed by atoms with Gasteiger partial charge < -0.3 is 39.3 Å². The van der Waals surface area contributed by atoms with Gasteiger partial charge in [-0.1, -0.05) is 19.6 Å². The Labute approximate surface area is 535 Å². The van der Waals surface area contributed by atoms with E-state index in [1.54, 1.807) is 13.0 Å². The molecule has 6 N–H and O–H groups in total. The molecule has 480 valence electrons. The van der Waals surface area contributed by atoms with E-state index >= 15 is 0 Å². The van der Waals surface area contributed by atoms with Crippen LogP contribution in [0.2, 0.25) is 0 Å². The second-order valence-electron chi connectivity index (χ2n) is 18.5. The zero-order valence-electron chi connectivity index (χ0n) is 46.4. The van der Waals surface area contributed by atoms with E-state index in [1.165, 1.54) is 57.2 Å². The SMILES string of the molecule is C.Cc1cc(-c2n[nH]c(/C=C\C(=O)N3CC(F)(F)C3)n2)cc(C(F)(F)F)c1.Cc1cc(-c2n[nH]c(/C=C\C(=O)O)n2)cc(C(F)(F)F)c1.Cc1cc(C#N)cc(C(F)(F)F)c1.Cc1cc(C(N)=S)cc(C(F)(F)F)c1.FC1(F)CNC1.O=C1C=CC(=O)O1.[Na+].[SH-]. The number of nitriles is 1. The maximum absolute atomic E-state index is 12.9. The molecular formula is C55H49F16N10NaO6S2. The summed E-state index contributed by atoms with van der Waals surface area (Å²) in [4.78, 5) is 50.8. The van der Waals surface area contributed by atoms with Crippen molar-refractivity contribution in [3.05, 3.63) is 164 Å². The molecule has 5 heterocycles. The molecule has 16 nitrogen and oxygen atoms in total. The van der Waals surface area contributed by atoms with E-state index in [-0.39, 0.29) is 114 Å². The topological polar surface area (TPSA) is 246 Å². The maximum atomic E-state index is 12.9. The molecule has 2 saturated heterocycles. The number of alkyl halides is 16. The zero-order chi connectivity index (χ0) is 65.6. The van der Waals surface area contributed by atoms with Crippen LogP contribution in [0.1, 0.15) is 74.7 Å². The first kappa shape index (κ1) is 80.0. The summed E-state index contributed by atoms with van der Waals surface area (Å²) in [6.45, 7) is 4.61. The quantitative estimate of drug-likeness (QED) is 0.0146. The van der Waals surface area contributed by atoms with Crippen LogP contribution >= 0.6 is 12.2 Å². The Kier molecular flexibility index (Phi) is 29.5. The van der Waals surface area contributed by atoms with Crippen molar-refractivity contribution >= 4 is 66.7 Å². The number of thiocarbonyl (C=S) groups is 1. The number of esters is 2. The number of thiol groups is 1. The first-order chi connectivity index (χ1) is 40.0. The number of rotatable bonds is 7. The van der Waals surface area contributed by atoms with Crippen molar-refractivity contribution in [1.82, 2.24) is 40.6 Å². The fraction of sp³-hybridized carbons (Fsp3) is 0.273. The van der Waals surface area contributed by atoms with Crippen LogP contribution in [0.3, 0.4) is 0 Å². The molecule has 0 spiro atoms. The number of likely N-dealkylation sites (tertiary alicyclic amines) is 1. The molecular weight excluding hydrogens is 1290 g/mol. The van der Waals surface area contributed by atoms with Gasteiger partial charge in [0.2, 0.25) is 5.91 Å². The number of carbonyl (C=O) groups is 4. The maximum Gasteiger partial charge on any atom is 1.00 e. The number of carboxylic acid groups (broad SMARTS) is 1. The zero-order valence-corrected chi connectivity index (χ0v) is 50.1. The molecule has 2 aromatic heterocycles. The summed E-state index contributed by atoms with van der Waals surface area (Å²) >= 11 is 4.61. The number of carboxylic acids is 1. The number of H-pyrrole nitrogens is 2. The Morgan fingerprint density at radius 3 is 1.32 bits per heavy atom. The van der Waals surface area contributed by atoms with Crippen LogP contribution in [0, 0.1) is 39.0 Å². The Bertz CT molecular complexity index is 3600. The largest absolute Gasteiger partial charge is 1.00 e. The number of nitrogens with zero attached hydrogens (tertiary/aromatic N) is 6. The average molecular weight is 1340 g/mol. The monoisotopic (exact) mass is 1340 g/mol. The predicted octanol–water partition coefficient (Wildman–Crippen LogP) is 8.94. The molecule has 3 aliphatic rings. The van der Waals surface area contributed by atoms with Crippen LogP contribution in [0.4, 0.5) is 70.2 Å². The number of nitrogens with one attached hydrogen (secondary N) is 3. The van der Waals surface area contributed by atoms with Gasteiger partial charge in [-0.2, -0.15) is 68.1 Å². The summed E-state index contributed by atoms with van der Waals surface area (Å²) in [5, 5.41) is 31.9. The minimum Gasteiger partial charge on any atom is -0.813 e. The van der Waals surface area contributed by atoms with E-state index in [4.69, 9.17) is 16.1 Å². The van der Waals surface area contributed by atoms with Gasteiger partial charge in [0.25, 0.3) is 11.8 Å². The minimum atomic E-state index is -4.49. The summed E-state index contributed by atoms with van der Waals surface area (Å²) < 4.78 is 203. The standard InChI is InChI=1S/C16H13F5N4O.C13H10F3N3O2.C9H8F3NS.C9H6F3N.C4H2O3.C3H5F2N.CH4.Na.H2S/c1-9-4-10(6-11(5-9)16(19,20)21)14-22-12(23-24-14)2-3-13(26)25-7-15(17,18)8-25;1-7-4-8(6-9(5-7)13(14,15)16)12-17-10(18-19-12)2-3-11(20)21;1-5-2-6(8(13)14)4-7(3-5)9(10,11)12;1-6-2-7(5-13)4-8(3-6)9(10,11)12;5-3-1-2-4(6)7-3;4-3(5)1-6-2-3;;;/h2-6H,7-8H2,1H3,(H,22,23,24);2-6H,1H3,(H,20,21)(H,17,18,19);2-4H,1H3,(H2,13,14);2-4H,1H3;1-2H;6H,1-2H2;1H4;;1H2/q;;;;;;;+1;/p-1/b2*3-2-;;;;;;;. The molecule has 2 fully saturated rings. The number of aromatic amines is 2.